The molecule has 2 fully saturated rings. The minimum absolute atomic E-state index is 0.115. The van der Waals surface area contributed by atoms with Crippen LogP contribution in [0.3, 0.4) is 0 Å². The fourth-order valence-electron chi connectivity index (χ4n) is 5.99. The molecule has 2 saturated carbocycles. The number of carboxylic acid groups (broad SMARTS) is 1. The number of aliphatic carboxylic acids is 1. The third-order valence-corrected chi connectivity index (χ3v) is 7.95. The summed E-state index contributed by atoms with van der Waals surface area (Å²) in [5, 5.41) is 9.38. The third kappa shape index (κ3) is 4.64. The predicted molar refractivity (Wildman–Crippen MR) is 113 cm³/mol. The largest absolute Gasteiger partial charge is 0.478 e. The number of carboxylic acids is 1. The van der Waals surface area contributed by atoms with Crippen molar-refractivity contribution in [3.05, 3.63) is 22.7 Å². The Kier molecular flexibility index (Phi) is 7.59. The van der Waals surface area contributed by atoms with E-state index in [1.807, 2.05) is 0 Å². The number of allylic oxidation sites excluding steroid dienone is 1. The van der Waals surface area contributed by atoms with Crippen molar-refractivity contribution in [3.8, 4) is 0 Å². The summed E-state index contributed by atoms with van der Waals surface area (Å²) in [6, 6.07) is 0. The van der Waals surface area contributed by atoms with E-state index in [4.69, 9.17) is 0 Å². The zero-order chi connectivity index (χ0) is 19.5. The van der Waals surface area contributed by atoms with Crippen LogP contribution in [0.5, 0.6) is 0 Å². The molecule has 0 amide bonds. The second-order valence-electron chi connectivity index (χ2n) is 9.49. The Morgan fingerprint density at radius 3 is 2.62 bits per heavy atom. The molecule has 0 radical (unpaired) electrons. The standard InChI is InChI=1S/C23H37BrO2/c1-15(2)13-18(17(4)22(25)26)9-8-16(3)20-10-11-21-19(14-24)7-6-12-23(20,21)5/h14-16,18,20-21H,4,6-13H2,1-3,5H3,(H,25,26)/b19-14+/t16-,18?,20?,21?,23?/m1/s1. The third-order valence-electron chi connectivity index (χ3n) is 7.36. The molecule has 0 bridgehead atoms. The smallest absolute Gasteiger partial charge is 0.331 e. The van der Waals surface area contributed by atoms with Crippen LogP contribution in [0.2, 0.25) is 0 Å². The number of hydrogen-bond donors (Lipinski definition) is 1. The van der Waals surface area contributed by atoms with E-state index in [1.165, 1.54) is 32.1 Å². The fraction of sp³-hybridized carbons (Fsp3) is 0.783. The van der Waals surface area contributed by atoms with Gasteiger partial charge in [-0.1, -0.05) is 55.8 Å². The Morgan fingerprint density at radius 1 is 1.35 bits per heavy atom. The lowest BCUT2D eigenvalue weighted by atomic mass is 9.61. The van der Waals surface area contributed by atoms with E-state index >= 15 is 0 Å². The Balaban J connectivity index is 2.03. The van der Waals surface area contributed by atoms with Gasteiger partial charge in [-0.15, -0.1) is 0 Å². The highest BCUT2D eigenvalue weighted by molar-refractivity contribution is 9.11. The molecule has 0 saturated heterocycles. The van der Waals surface area contributed by atoms with Gasteiger partial charge in [0.15, 0.2) is 0 Å². The van der Waals surface area contributed by atoms with Crippen LogP contribution >= 0.6 is 15.9 Å². The van der Waals surface area contributed by atoms with Gasteiger partial charge in [0.05, 0.1) is 0 Å². The summed E-state index contributed by atoms with van der Waals surface area (Å²) >= 11 is 3.60. The highest BCUT2D eigenvalue weighted by Gasteiger charge is 2.50. The second kappa shape index (κ2) is 9.08. The van der Waals surface area contributed by atoms with Gasteiger partial charge in [0.25, 0.3) is 0 Å². The first-order chi connectivity index (χ1) is 12.2. The zero-order valence-electron chi connectivity index (χ0n) is 17.1. The molecule has 0 aromatic rings. The first-order valence-corrected chi connectivity index (χ1v) is 11.3. The molecule has 3 heteroatoms. The van der Waals surface area contributed by atoms with Crippen LogP contribution in [0.1, 0.15) is 79.1 Å². The molecule has 4 unspecified atom stereocenters. The van der Waals surface area contributed by atoms with Gasteiger partial charge in [0, 0.05) is 5.57 Å². The average molecular weight is 425 g/mol. The van der Waals surface area contributed by atoms with Crippen molar-refractivity contribution in [2.24, 2.45) is 35.0 Å². The Morgan fingerprint density at radius 2 is 2.04 bits per heavy atom. The molecule has 5 atom stereocenters. The maximum Gasteiger partial charge on any atom is 0.331 e. The first kappa shape index (κ1) is 21.7. The molecular weight excluding hydrogens is 388 g/mol. The summed E-state index contributed by atoms with van der Waals surface area (Å²) in [4.78, 5) is 13.6. The lowest BCUT2D eigenvalue weighted by molar-refractivity contribution is -0.133. The second-order valence-corrected chi connectivity index (χ2v) is 9.95. The maximum absolute atomic E-state index is 11.4. The van der Waals surface area contributed by atoms with E-state index in [0.29, 0.717) is 22.8 Å². The summed E-state index contributed by atoms with van der Waals surface area (Å²) in [7, 11) is 0. The number of fused-ring (bicyclic) bond motifs is 1. The number of rotatable bonds is 8. The van der Waals surface area contributed by atoms with Crippen molar-refractivity contribution in [3.63, 3.8) is 0 Å². The lowest BCUT2D eigenvalue weighted by Crippen LogP contribution is -2.36. The van der Waals surface area contributed by atoms with Gasteiger partial charge in [-0.3, -0.25) is 0 Å². The number of carbonyl (C=O) groups is 1. The van der Waals surface area contributed by atoms with Gasteiger partial charge in [-0.2, -0.15) is 0 Å². The van der Waals surface area contributed by atoms with Gasteiger partial charge in [-0.05, 0) is 91.4 Å². The van der Waals surface area contributed by atoms with Crippen molar-refractivity contribution >= 4 is 21.9 Å². The van der Waals surface area contributed by atoms with E-state index in [9.17, 15) is 9.90 Å². The molecule has 0 aromatic heterocycles. The predicted octanol–water partition coefficient (Wildman–Crippen LogP) is 7.20. The van der Waals surface area contributed by atoms with Crippen molar-refractivity contribution < 1.29 is 9.90 Å². The van der Waals surface area contributed by atoms with Gasteiger partial charge in [0.1, 0.15) is 0 Å². The van der Waals surface area contributed by atoms with E-state index < -0.39 is 5.97 Å². The van der Waals surface area contributed by atoms with Crippen LogP contribution < -0.4 is 0 Å². The average Bonchev–Trinajstić information content (AvgIpc) is 2.94. The summed E-state index contributed by atoms with van der Waals surface area (Å²) in [5.41, 5.74) is 2.45. The molecule has 0 aromatic carbocycles. The van der Waals surface area contributed by atoms with Gasteiger partial charge < -0.3 is 5.11 Å². The summed E-state index contributed by atoms with van der Waals surface area (Å²) < 4.78 is 0. The number of hydrogen-bond acceptors (Lipinski definition) is 1. The highest BCUT2D eigenvalue weighted by Crippen LogP contribution is 2.60. The molecule has 26 heavy (non-hydrogen) atoms. The lowest BCUT2D eigenvalue weighted by Gasteiger charge is -2.44. The SMILES string of the molecule is C=C(C(=O)O)C(CC[C@@H](C)C1CCC2/C(=C/Br)CCCC21C)CC(C)C. The van der Waals surface area contributed by atoms with E-state index in [0.717, 1.165) is 31.1 Å². The number of halogens is 1. The monoisotopic (exact) mass is 424 g/mol. The van der Waals surface area contributed by atoms with Crippen LogP contribution in [-0.4, -0.2) is 11.1 Å². The van der Waals surface area contributed by atoms with Gasteiger partial charge >= 0.3 is 5.97 Å². The van der Waals surface area contributed by atoms with Crippen LogP contribution in [0.4, 0.5) is 0 Å². The van der Waals surface area contributed by atoms with E-state index in [-0.39, 0.29) is 5.92 Å². The Bertz CT molecular complexity index is 550. The minimum Gasteiger partial charge on any atom is -0.478 e. The summed E-state index contributed by atoms with van der Waals surface area (Å²) in [6.45, 7) is 13.1. The van der Waals surface area contributed by atoms with Gasteiger partial charge in [0.2, 0.25) is 0 Å². The van der Waals surface area contributed by atoms with Crippen molar-refractivity contribution in [2.75, 3.05) is 0 Å². The molecule has 1 N–H and O–H groups in total. The van der Waals surface area contributed by atoms with Crippen LogP contribution in [-0.2, 0) is 4.79 Å². The molecule has 0 spiro atoms. The van der Waals surface area contributed by atoms with Gasteiger partial charge in [-0.25, -0.2) is 4.79 Å². The molecule has 2 nitrogen and oxygen atoms in total. The molecule has 0 aliphatic heterocycles. The van der Waals surface area contributed by atoms with Crippen LogP contribution in [0, 0.1) is 35.0 Å². The van der Waals surface area contributed by atoms with Crippen molar-refractivity contribution in [1.82, 2.24) is 0 Å². The highest BCUT2D eigenvalue weighted by atomic mass is 79.9. The summed E-state index contributed by atoms with van der Waals surface area (Å²) in [5.74, 6) is 1.94. The minimum atomic E-state index is -0.824. The topological polar surface area (TPSA) is 37.3 Å². The normalized spacial score (nSPS) is 32.5. The first-order valence-electron chi connectivity index (χ1n) is 10.4. The molecular formula is C23H37BrO2. The molecule has 2 aliphatic rings. The Labute approximate surface area is 168 Å². The van der Waals surface area contributed by atoms with Crippen LogP contribution in [0.15, 0.2) is 22.7 Å². The quantitative estimate of drug-likeness (QED) is 0.418. The molecule has 2 rings (SSSR count). The summed E-state index contributed by atoms with van der Waals surface area (Å²) in [6.07, 6.45) is 9.54. The fourth-order valence-corrected chi connectivity index (χ4v) is 6.54. The molecule has 2 aliphatic carbocycles. The van der Waals surface area contributed by atoms with E-state index in [2.05, 4.69) is 55.2 Å². The van der Waals surface area contributed by atoms with Crippen molar-refractivity contribution in [2.45, 2.75) is 79.1 Å². The molecule has 148 valence electrons. The van der Waals surface area contributed by atoms with Crippen LogP contribution in [0.25, 0.3) is 0 Å². The maximum atomic E-state index is 11.4. The molecule has 0 heterocycles. The zero-order valence-corrected chi connectivity index (χ0v) is 18.6. The Hall–Kier alpha value is -0.570. The van der Waals surface area contributed by atoms with Crippen molar-refractivity contribution in [1.29, 1.82) is 0 Å². The van der Waals surface area contributed by atoms with E-state index in [1.54, 1.807) is 5.57 Å².